The van der Waals surface area contributed by atoms with Gasteiger partial charge in [-0.05, 0) is 25.7 Å². The first-order valence-electron chi connectivity index (χ1n) is 16.7. The van der Waals surface area contributed by atoms with E-state index in [1.807, 2.05) is 11.0 Å². The number of ether oxygens (including phenoxy) is 3. The van der Waals surface area contributed by atoms with Crippen LogP contribution in [0.1, 0.15) is 53.5 Å². The summed E-state index contributed by atoms with van der Waals surface area (Å²) in [5, 5.41) is 0.223. The number of benzene rings is 2. The lowest BCUT2D eigenvalue weighted by atomic mass is 10.0. The molecule has 49 heavy (non-hydrogen) atoms. The number of nitrogens with zero attached hydrogens (tertiary/aromatic N) is 5. The maximum absolute atomic E-state index is 14.5. The number of rotatable bonds is 10. The number of fused-ring (bicyclic) bond motifs is 1. The van der Waals surface area contributed by atoms with E-state index >= 15 is 0 Å². The number of amides is 2. The van der Waals surface area contributed by atoms with Gasteiger partial charge in [0.2, 0.25) is 22.8 Å². The van der Waals surface area contributed by atoms with Crippen LogP contribution >= 0.6 is 11.8 Å². The predicted octanol–water partition coefficient (Wildman–Crippen LogP) is 3.44. The fourth-order valence-corrected chi connectivity index (χ4v) is 7.58. The highest BCUT2D eigenvalue weighted by Gasteiger charge is 2.39. The fourth-order valence-electron chi connectivity index (χ4n) is 6.73. The lowest BCUT2D eigenvalue weighted by Crippen LogP contribution is -2.52. The number of hydrogen-bond donors (Lipinski definition) is 1. The van der Waals surface area contributed by atoms with Gasteiger partial charge < -0.3 is 34.6 Å². The largest absolute Gasteiger partial charge is 0.493 e. The summed E-state index contributed by atoms with van der Waals surface area (Å²) in [6, 6.07) is 9.86. The van der Waals surface area contributed by atoms with E-state index in [2.05, 4.69) is 0 Å². The number of carbonyl (C=O) groups is 4. The predicted molar refractivity (Wildman–Crippen MR) is 186 cm³/mol. The Bertz CT molecular complexity index is 1730. The first-order chi connectivity index (χ1) is 23.7. The van der Waals surface area contributed by atoms with Gasteiger partial charge >= 0.3 is 0 Å². The molecular weight excluding hydrogens is 648 g/mol. The number of piperazine rings is 1. The van der Waals surface area contributed by atoms with Gasteiger partial charge in [-0.1, -0.05) is 49.0 Å². The smallest absolute Gasteiger partial charge is 0.251 e. The monoisotopic (exact) mass is 690 g/mol. The van der Waals surface area contributed by atoms with Crippen molar-refractivity contribution >= 4 is 57.0 Å². The molecule has 2 N–H and O–H groups in total. The second-order valence-electron chi connectivity index (χ2n) is 12.5. The summed E-state index contributed by atoms with van der Waals surface area (Å²) in [6.45, 7) is 4.65. The van der Waals surface area contributed by atoms with E-state index in [1.54, 1.807) is 47.1 Å². The Labute approximate surface area is 289 Å². The SMILES string of the molecule is COc1cc2nc(N3CCN(C(=O)C4CCCO4)CC3)nc(C(=O)C3CCCN3C(=O)C(C)CSC(=O)c3ccccc3)c2c(N)c1OC. The fraction of sp³-hybridized carbons (Fsp3) is 0.486. The zero-order valence-corrected chi connectivity index (χ0v) is 28.9. The first-order valence-corrected chi connectivity index (χ1v) is 17.6. The Hall–Kier alpha value is -4.43. The third kappa shape index (κ3) is 7.02. The molecule has 0 bridgehead atoms. The van der Waals surface area contributed by atoms with E-state index in [1.165, 1.54) is 14.2 Å². The zero-order chi connectivity index (χ0) is 34.7. The van der Waals surface area contributed by atoms with E-state index < -0.39 is 12.0 Å². The van der Waals surface area contributed by atoms with E-state index in [-0.39, 0.29) is 51.7 Å². The van der Waals surface area contributed by atoms with Crippen LogP contribution in [0.4, 0.5) is 11.6 Å². The molecule has 3 fully saturated rings. The van der Waals surface area contributed by atoms with E-state index in [0.717, 1.165) is 24.6 Å². The molecule has 0 aliphatic carbocycles. The van der Waals surface area contributed by atoms with Crippen LogP contribution in [-0.2, 0) is 14.3 Å². The minimum absolute atomic E-state index is 0.0000960. The van der Waals surface area contributed by atoms with Crippen LogP contribution < -0.4 is 20.1 Å². The molecule has 0 radical (unpaired) electrons. The molecule has 2 aromatic carbocycles. The molecule has 3 unspecified atom stereocenters. The van der Waals surface area contributed by atoms with Crippen molar-refractivity contribution in [2.24, 2.45) is 5.92 Å². The maximum atomic E-state index is 14.5. The molecule has 4 heterocycles. The van der Waals surface area contributed by atoms with Crippen LogP contribution in [0.15, 0.2) is 36.4 Å². The molecule has 13 nitrogen and oxygen atoms in total. The number of nitrogens with two attached hydrogens (primary N) is 1. The minimum atomic E-state index is -0.760. The summed E-state index contributed by atoms with van der Waals surface area (Å²) in [5.41, 5.74) is 7.87. The van der Waals surface area contributed by atoms with Gasteiger partial charge in [-0.2, -0.15) is 0 Å². The quantitative estimate of drug-likeness (QED) is 0.245. The molecule has 0 spiro atoms. The van der Waals surface area contributed by atoms with Gasteiger partial charge in [0.1, 0.15) is 11.8 Å². The minimum Gasteiger partial charge on any atom is -0.493 e. The molecular formula is C35H42N6O7S. The molecule has 3 aliphatic rings. The van der Waals surface area contributed by atoms with Crippen LogP contribution in [0.2, 0.25) is 0 Å². The molecule has 3 aromatic rings. The third-order valence-corrected chi connectivity index (χ3v) is 10.6. The number of methoxy groups -OCH3 is 2. The number of likely N-dealkylation sites (tertiary alicyclic amines) is 1. The van der Waals surface area contributed by atoms with Gasteiger partial charge in [0.25, 0.3) is 5.91 Å². The van der Waals surface area contributed by atoms with Crippen molar-refractivity contribution in [2.45, 2.75) is 44.8 Å². The van der Waals surface area contributed by atoms with Gasteiger partial charge in [0.05, 0.1) is 36.9 Å². The molecule has 3 saturated heterocycles. The number of thioether (sulfide) groups is 1. The summed E-state index contributed by atoms with van der Waals surface area (Å²) in [5.74, 6) is 0.202. The molecule has 3 atom stereocenters. The van der Waals surface area contributed by atoms with Crippen LogP contribution in [0.5, 0.6) is 11.5 Å². The molecule has 3 aliphatic heterocycles. The average molecular weight is 691 g/mol. The van der Waals surface area contributed by atoms with Crippen LogP contribution in [0, 0.1) is 5.92 Å². The molecule has 260 valence electrons. The topological polar surface area (TPSA) is 157 Å². The number of hydrogen-bond acceptors (Lipinski definition) is 12. The van der Waals surface area contributed by atoms with Gasteiger partial charge in [0, 0.05) is 62.6 Å². The summed E-state index contributed by atoms with van der Waals surface area (Å²) in [7, 11) is 2.96. The Morgan fingerprint density at radius 3 is 2.43 bits per heavy atom. The number of anilines is 2. The number of Topliss-reactive ketones (excluding diaryl/α,β-unsaturated/α-hetero) is 1. The Morgan fingerprint density at radius 1 is 1.00 bits per heavy atom. The van der Waals surface area contributed by atoms with Crippen LogP contribution in [-0.4, -0.2) is 114 Å². The average Bonchev–Trinajstić information content (AvgIpc) is 3.86. The van der Waals surface area contributed by atoms with Crippen molar-refractivity contribution in [1.82, 2.24) is 19.8 Å². The summed E-state index contributed by atoms with van der Waals surface area (Å²) < 4.78 is 16.7. The van der Waals surface area contributed by atoms with Gasteiger partial charge in [0.15, 0.2) is 11.5 Å². The van der Waals surface area contributed by atoms with Crippen molar-refractivity contribution in [3.63, 3.8) is 0 Å². The Kier molecular flexibility index (Phi) is 10.5. The standard InChI is InChI=1S/C35H42N6O7S/c1-21(20-49-34(45)22-9-5-4-6-10-22)32(43)41-13-7-11-24(41)30(42)29-27-23(19-26(46-2)31(47-3)28(27)36)37-35(38-29)40-16-14-39(15-17-40)33(44)25-12-8-18-48-25/h4-6,9-10,19,21,24-25H,7-8,11-18,20,36H2,1-3H3. The number of aromatic nitrogens is 2. The van der Waals surface area contributed by atoms with Crippen molar-refractivity contribution in [3.8, 4) is 11.5 Å². The second kappa shape index (κ2) is 15.0. The zero-order valence-electron chi connectivity index (χ0n) is 28.1. The summed E-state index contributed by atoms with van der Waals surface area (Å²) in [4.78, 5) is 68.9. The van der Waals surface area contributed by atoms with E-state index in [0.29, 0.717) is 80.3 Å². The van der Waals surface area contributed by atoms with Crippen molar-refractivity contribution < 1.29 is 33.4 Å². The Balaban J connectivity index is 1.26. The highest BCUT2D eigenvalue weighted by atomic mass is 32.2. The van der Waals surface area contributed by atoms with Crippen molar-refractivity contribution in [2.75, 3.05) is 69.9 Å². The summed E-state index contributed by atoms with van der Waals surface area (Å²) in [6.07, 6.45) is 2.33. The van der Waals surface area contributed by atoms with Gasteiger partial charge in [-0.15, -0.1) is 0 Å². The molecule has 6 rings (SSSR count). The van der Waals surface area contributed by atoms with Crippen LogP contribution in [0.3, 0.4) is 0 Å². The van der Waals surface area contributed by atoms with E-state index in [4.69, 9.17) is 29.9 Å². The Morgan fingerprint density at radius 2 is 1.76 bits per heavy atom. The lowest BCUT2D eigenvalue weighted by molar-refractivity contribution is -0.141. The van der Waals surface area contributed by atoms with Gasteiger partial charge in [-0.3, -0.25) is 19.2 Å². The second-order valence-corrected chi connectivity index (χ2v) is 13.5. The van der Waals surface area contributed by atoms with Gasteiger partial charge in [-0.25, -0.2) is 9.97 Å². The molecule has 1 aromatic heterocycles. The third-order valence-electron chi connectivity index (χ3n) is 9.40. The highest BCUT2D eigenvalue weighted by Crippen LogP contribution is 2.41. The normalized spacial score (nSPS) is 20.0. The number of carbonyl (C=O) groups excluding carboxylic acids is 4. The van der Waals surface area contributed by atoms with Crippen LogP contribution in [0.25, 0.3) is 10.9 Å². The number of nitrogen functional groups attached to an aromatic ring is 1. The van der Waals surface area contributed by atoms with Crippen molar-refractivity contribution in [3.05, 3.63) is 47.7 Å². The summed E-state index contributed by atoms with van der Waals surface area (Å²) >= 11 is 1.10. The maximum Gasteiger partial charge on any atom is 0.251 e. The lowest BCUT2D eigenvalue weighted by Gasteiger charge is -2.36. The molecule has 0 saturated carbocycles. The highest BCUT2D eigenvalue weighted by molar-refractivity contribution is 8.14. The number of ketones is 1. The molecule has 2 amide bonds. The van der Waals surface area contributed by atoms with Crippen molar-refractivity contribution in [1.29, 1.82) is 0 Å². The molecule has 14 heteroatoms. The first kappa shape index (κ1) is 34.4. The van der Waals surface area contributed by atoms with E-state index in [9.17, 15) is 19.2 Å².